The second-order valence-electron chi connectivity index (χ2n) is 5.64. The number of hydrogen-bond donors (Lipinski definition) is 1. The van der Waals surface area contributed by atoms with Gasteiger partial charge in [-0.3, -0.25) is 4.79 Å². The van der Waals surface area contributed by atoms with Crippen LogP contribution in [0.1, 0.15) is 45.4 Å². The standard InChI is InChI=1S/C14H26N2O2/c1-2-13(17)11-15-9-6-12(7-10-15)16-8-4-3-5-14(16)18/h12-13,17H,2-11H2,1H3. The van der Waals surface area contributed by atoms with Crippen LogP contribution in [0.15, 0.2) is 0 Å². The summed E-state index contributed by atoms with van der Waals surface area (Å²) in [5, 5.41) is 9.66. The highest BCUT2D eigenvalue weighted by Gasteiger charge is 2.29. The quantitative estimate of drug-likeness (QED) is 0.821. The van der Waals surface area contributed by atoms with Crippen molar-refractivity contribution in [2.24, 2.45) is 0 Å². The van der Waals surface area contributed by atoms with Crippen LogP contribution in [0, 0.1) is 0 Å². The summed E-state index contributed by atoms with van der Waals surface area (Å²) in [6, 6.07) is 0.452. The molecule has 0 spiro atoms. The molecule has 4 nitrogen and oxygen atoms in total. The highest BCUT2D eigenvalue weighted by atomic mass is 16.3. The summed E-state index contributed by atoms with van der Waals surface area (Å²) in [6.07, 6.45) is 5.75. The van der Waals surface area contributed by atoms with Crippen LogP contribution in [0.25, 0.3) is 0 Å². The van der Waals surface area contributed by atoms with E-state index in [9.17, 15) is 9.90 Å². The monoisotopic (exact) mass is 254 g/mol. The third-order valence-electron chi connectivity index (χ3n) is 4.30. The molecule has 2 heterocycles. The third kappa shape index (κ3) is 3.45. The molecule has 2 aliphatic heterocycles. The number of likely N-dealkylation sites (tertiary alicyclic amines) is 2. The maximum absolute atomic E-state index is 11.9. The minimum atomic E-state index is -0.196. The Morgan fingerprint density at radius 1 is 1.28 bits per heavy atom. The number of aliphatic hydroxyl groups is 1. The Bertz CT molecular complexity index is 275. The average molecular weight is 254 g/mol. The molecule has 0 radical (unpaired) electrons. The number of rotatable bonds is 4. The number of nitrogens with zero attached hydrogens (tertiary/aromatic N) is 2. The Morgan fingerprint density at radius 3 is 2.61 bits per heavy atom. The van der Waals surface area contributed by atoms with Crippen molar-refractivity contribution in [2.75, 3.05) is 26.2 Å². The average Bonchev–Trinajstić information content (AvgIpc) is 2.40. The first-order valence-corrected chi connectivity index (χ1v) is 7.40. The number of β-amino-alcohol motifs (C(OH)–C–C–N with tert-alkyl or cyclic N) is 1. The molecule has 1 atom stereocenters. The summed E-state index contributed by atoms with van der Waals surface area (Å²) >= 11 is 0. The van der Waals surface area contributed by atoms with E-state index in [0.717, 1.165) is 58.3 Å². The Kier molecular flexibility index (Phi) is 5.01. The van der Waals surface area contributed by atoms with Gasteiger partial charge in [-0.1, -0.05) is 6.92 Å². The Morgan fingerprint density at radius 2 is 2.00 bits per heavy atom. The molecule has 0 aliphatic carbocycles. The van der Waals surface area contributed by atoms with Crippen molar-refractivity contribution in [1.29, 1.82) is 0 Å². The molecule has 2 aliphatic rings. The van der Waals surface area contributed by atoms with Crippen molar-refractivity contribution in [3.8, 4) is 0 Å². The molecule has 0 saturated carbocycles. The van der Waals surface area contributed by atoms with Crippen molar-refractivity contribution in [2.45, 2.75) is 57.6 Å². The molecule has 2 fully saturated rings. The zero-order valence-corrected chi connectivity index (χ0v) is 11.5. The van der Waals surface area contributed by atoms with Crippen LogP contribution < -0.4 is 0 Å². The Balaban J connectivity index is 1.77. The molecule has 0 aromatic heterocycles. The fourth-order valence-corrected chi connectivity index (χ4v) is 3.05. The summed E-state index contributed by atoms with van der Waals surface area (Å²) in [4.78, 5) is 16.3. The van der Waals surface area contributed by atoms with Gasteiger partial charge in [0.2, 0.25) is 5.91 Å². The van der Waals surface area contributed by atoms with Crippen molar-refractivity contribution in [1.82, 2.24) is 9.80 Å². The molecule has 2 rings (SSSR count). The van der Waals surface area contributed by atoms with Gasteiger partial charge in [-0.05, 0) is 32.1 Å². The van der Waals surface area contributed by atoms with Gasteiger partial charge in [0, 0.05) is 38.6 Å². The van der Waals surface area contributed by atoms with E-state index >= 15 is 0 Å². The van der Waals surface area contributed by atoms with Gasteiger partial charge in [0.05, 0.1) is 6.10 Å². The van der Waals surface area contributed by atoms with Crippen molar-refractivity contribution >= 4 is 5.91 Å². The predicted molar refractivity (Wildman–Crippen MR) is 71.3 cm³/mol. The highest BCUT2D eigenvalue weighted by Crippen LogP contribution is 2.21. The van der Waals surface area contributed by atoms with Crippen LogP contribution in [0.5, 0.6) is 0 Å². The van der Waals surface area contributed by atoms with E-state index in [-0.39, 0.29) is 6.10 Å². The van der Waals surface area contributed by atoms with Crippen LogP contribution in [0.3, 0.4) is 0 Å². The fraction of sp³-hybridized carbons (Fsp3) is 0.929. The first-order chi connectivity index (χ1) is 8.70. The normalized spacial score (nSPS) is 25.4. The van der Waals surface area contributed by atoms with Gasteiger partial charge in [0.25, 0.3) is 0 Å². The van der Waals surface area contributed by atoms with Crippen molar-refractivity contribution < 1.29 is 9.90 Å². The van der Waals surface area contributed by atoms with E-state index in [1.54, 1.807) is 0 Å². The molecule has 18 heavy (non-hydrogen) atoms. The predicted octanol–water partition coefficient (Wildman–Crippen LogP) is 1.23. The lowest BCUT2D eigenvalue weighted by molar-refractivity contribution is -0.136. The first kappa shape index (κ1) is 13.8. The molecular weight excluding hydrogens is 228 g/mol. The summed E-state index contributed by atoms with van der Waals surface area (Å²) in [6.45, 7) is 5.80. The van der Waals surface area contributed by atoms with Crippen LogP contribution in [-0.4, -0.2) is 59.1 Å². The van der Waals surface area contributed by atoms with Crippen LogP contribution in [0.2, 0.25) is 0 Å². The molecule has 0 aromatic rings. The third-order valence-corrected chi connectivity index (χ3v) is 4.30. The number of carbonyl (C=O) groups is 1. The highest BCUT2D eigenvalue weighted by molar-refractivity contribution is 5.77. The molecular formula is C14H26N2O2. The van der Waals surface area contributed by atoms with Crippen molar-refractivity contribution in [3.05, 3.63) is 0 Å². The second kappa shape index (κ2) is 6.53. The van der Waals surface area contributed by atoms with Crippen LogP contribution in [0.4, 0.5) is 0 Å². The summed E-state index contributed by atoms with van der Waals surface area (Å²) in [5.74, 6) is 0.355. The van der Waals surface area contributed by atoms with E-state index in [0.29, 0.717) is 11.9 Å². The Hall–Kier alpha value is -0.610. The molecule has 1 amide bonds. The minimum absolute atomic E-state index is 0.196. The zero-order valence-electron chi connectivity index (χ0n) is 11.5. The van der Waals surface area contributed by atoms with Crippen LogP contribution in [-0.2, 0) is 4.79 Å². The van der Waals surface area contributed by atoms with E-state index < -0.39 is 0 Å². The maximum Gasteiger partial charge on any atom is 0.222 e. The number of aliphatic hydroxyl groups excluding tert-OH is 1. The summed E-state index contributed by atoms with van der Waals surface area (Å²) in [7, 11) is 0. The number of carbonyl (C=O) groups excluding carboxylic acids is 1. The molecule has 2 saturated heterocycles. The van der Waals surface area contributed by atoms with Gasteiger partial charge in [0.1, 0.15) is 0 Å². The first-order valence-electron chi connectivity index (χ1n) is 7.40. The molecule has 104 valence electrons. The lowest BCUT2D eigenvalue weighted by atomic mass is 9.99. The fourth-order valence-electron chi connectivity index (χ4n) is 3.05. The second-order valence-corrected chi connectivity index (χ2v) is 5.64. The number of amides is 1. The Labute approximate surface area is 110 Å². The summed E-state index contributed by atoms with van der Waals surface area (Å²) in [5.41, 5.74) is 0. The molecule has 1 N–H and O–H groups in total. The van der Waals surface area contributed by atoms with Gasteiger partial charge in [0.15, 0.2) is 0 Å². The van der Waals surface area contributed by atoms with Gasteiger partial charge in [-0.2, -0.15) is 0 Å². The number of hydrogen-bond acceptors (Lipinski definition) is 3. The SMILES string of the molecule is CCC(O)CN1CCC(N2CCCCC2=O)CC1. The lowest BCUT2D eigenvalue weighted by Crippen LogP contribution is -2.50. The molecule has 4 heteroatoms. The van der Waals surface area contributed by atoms with Crippen molar-refractivity contribution in [3.63, 3.8) is 0 Å². The van der Waals surface area contributed by atoms with E-state index in [1.807, 2.05) is 6.92 Å². The zero-order chi connectivity index (χ0) is 13.0. The molecule has 0 aromatic carbocycles. The summed E-state index contributed by atoms with van der Waals surface area (Å²) < 4.78 is 0. The minimum Gasteiger partial charge on any atom is -0.392 e. The largest absolute Gasteiger partial charge is 0.392 e. The van der Waals surface area contributed by atoms with Crippen LogP contribution >= 0.6 is 0 Å². The van der Waals surface area contributed by atoms with Gasteiger partial charge >= 0.3 is 0 Å². The van der Waals surface area contributed by atoms with Gasteiger partial charge in [-0.15, -0.1) is 0 Å². The van der Waals surface area contributed by atoms with Gasteiger partial charge < -0.3 is 14.9 Å². The molecule has 0 bridgehead atoms. The smallest absolute Gasteiger partial charge is 0.222 e. The topological polar surface area (TPSA) is 43.8 Å². The lowest BCUT2D eigenvalue weighted by Gasteiger charge is -2.40. The molecule has 1 unspecified atom stereocenters. The van der Waals surface area contributed by atoms with E-state index in [1.165, 1.54) is 6.42 Å². The maximum atomic E-state index is 11.9. The van der Waals surface area contributed by atoms with E-state index in [4.69, 9.17) is 0 Å². The van der Waals surface area contributed by atoms with Gasteiger partial charge in [-0.25, -0.2) is 0 Å². The number of piperidine rings is 2. The van der Waals surface area contributed by atoms with E-state index in [2.05, 4.69) is 9.80 Å².